The highest BCUT2D eigenvalue weighted by molar-refractivity contribution is 8.14. The summed E-state index contributed by atoms with van der Waals surface area (Å²) in [5.74, 6) is 1.71. The Morgan fingerprint density at radius 2 is 2.17 bits per heavy atom. The van der Waals surface area contributed by atoms with Crippen LogP contribution in [0, 0.1) is 0 Å². The summed E-state index contributed by atoms with van der Waals surface area (Å²) in [7, 11) is 1.98. The highest BCUT2D eigenvalue weighted by Crippen LogP contribution is 2.30. The second kappa shape index (κ2) is 6.95. The molecule has 1 aliphatic heterocycles. The summed E-state index contributed by atoms with van der Waals surface area (Å²) in [5, 5.41) is 4.55. The van der Waals surface area contributed by atoms with Crippen molar-refractivity contribution in [3.05, 3.63) is 35.9 Å². The zero-order valence-electron chi connectivity index (χ0n) is 11.2. The first-order valence-corrected chi connectivity index (χ1v) is 7.73. The summed E-state index contributed by atoms with van der Waals surface area (Å²) in [5.41, 5.74) is 1.45. The van der Waals surface area contributed by atoms with Gasteiger partial charge in [-0.25, -0.2) is 0 Å². The van der Waals surface area contributed by atoms with Gasteiger partial charge in [-0.05, 0) is 24.9 Å². The van der Waals surface area contributed by atoms with Crippen LogP contribution in [0.15, 0.2) is 35.3 Å². The molecule has 1 aromatic rings. The van der Waals surface area contributed by atoms with E-state index in [1.807, 2.05) is 18.8 Å². The number of nitrogens with one attached hydrogen (secondary N) is 1. The average Bonchev–Trinajstić information content (AvgIpc) is 2.87. The fourth-order valence-electron chi connectivity index (χ4n) is 2.35. The van der Waals surface area contributed by atoms with E-state index in [1.165, 1.54) is 23.4 Å². The van der Waals surface area contributed by atoms with Crippen molar-refractivity contribution in [2.24, 2.45) is 4.99 Å². The third-order valence-electron chi connectivity index (χ3n) is 3.37. The molecule has 0 aliphatic carbocycles. The Labute approximate surface area is 114 Å². The van der Waals surface area contributed by atoms with Crippen LogP contribution in [0.1, 0.15) is 37.7 Å². The molecule has 2 unspecified atom stereocenters. The normalized spacial score (nSPS) is 20.8. The predicted octanol–water partition coefficient (Wildman–Crippen LogP) is 3.65. The van der Waals surface area contributed by atoms with Crippen LogP contribution in [0.3, 0.4) is 0 Å². The smallest absolute Gasteiger partial charge is 0.110 e. The second-order valence-electron chi connectivity index (χ2n) is 4.74. The summed E-state index contributed by atoms with van der Waals surface area (Å²) in [6.07, 6.45) is 3.89. The van der Waals surface area contributed by atoms with Gasteiger partial charge in [0.25, 0.3) is 0 Å². The van der Waals surface area contributed by atoms with Gasteiger partial charge in [-0.2, -0.15) is 0 Å². The average molecular weight is 262 g/mol. The summed E-state index contributed by atoms with van der Waals surface area (Å²) in [6, 6.07) is 10.9. The van der Waals surface area contributed by atoms with Gasteiger partial charge in [0.15, 0.2) is 0 Å². The summed E-state index contributed by atoms with van der Waals surface area (Å²) < 4.78 is 0. The lowest BCUT2D eigenvalue weighted by molar-refractivity contribution is 0.627. The van der Waals surface area contributed by atoms with Gasteiger partial charge in [0.05, 0.1) is 5.04 Å². The minimum Gasteiger partial charge on any atom is -0.298 e. The van der Waals surface area contributed by atoms with Crippen LogP contribution in [0.4, 0.5) is 0 Å². The zero-order chi connectivity index (χ0) is 12.8. The number of benzene rings is 1. The standard InChI is InChI=1S/C15H22N2S/c1-3-7-13(12-8-5-4-6-9-12)10-15-17-14(16-2)11-18-15/h4-6,8-9,13-14,16H,3,7,10-11H2,1-2H3. The van der Waals surface area contributed by atoms with Crippen LogP contribution >= 0.6 is 11.8 Å². The first kappa shape index (κ1) is 13.6. The summed E-state index contributed by atoms with van der Waals surface area (Å²) in [6.45, 7) is 2.26. The fourth-order valence-corrected chi connectivity index (χ4v) is 3.47. The molecule has 1 N–H and O–H groups in total. The van der Waals surface area contributed by atoms with E-state index >= 15 is 0 Å². The number of nitrogens with zero attached hydrogens (tertiary/aromatic N) is 1. The van der Waals surface area contributed by atoms with Gasteiger partial charge in [-0.15, -0.1) is 11.8 Å². The van der Waals surface area contributed by atoms with Gasteiger partial charge in [0.2, 0.25) is 0 Å². The van der Waals surface area contributed by atoms with Crippen LogP contribution in [0.2, 0.25) is 0 Å². The van der Waals surface area contributed by atoms with Gasteiger partial charge < -0.3 is 0 Å². The lowest BCUT2D eigenvalue weighted by atomic mass is 9.92. The molecule has 2 atom stereocenters. The van der Waals surface area contributed by atoms with E-state index in [4.69, 9.17) is 4.99 Å². The van der Waals surface area contributed by atoms with Crippen molar-refractivity contribution >= 4 is 16.8 Å². The number of hydrogen-bond acceptors (Lipinski definition) is 3. The summed E-state index contributed by atoms with van der Waals surface area (Å²) >= 11 is 1.91. The van der Waals surface area contributed by atoms with Crippen molar-refractivity contribution in [1.29, 1.82) is 0 Å². The molecule has 1 aliphatic rings. The molecule has 2 nitrogen and oxygen atoms in total. The van der Waals surface area contributed by atoms with Crippen LogP contribution in [-0.2, 0) is 0 Å². The van der Waals surface area contributed by atoms with E-state index in [0.717, 1.165) is 12.2 Å². The van der Waals surface area contributed by atoms with Gasteiger partial charge in [0.1, 0.15) is 6.17 Å². The quantitative estimate of drug-likeness (QED) is 0.846. The Hall–Kier alpha value is -0.800. The van der Waals surface area contributed by atoms with Crippen LogP contribution in [-0.4, -0.2) is 24.0 Å². The molecule has 1 aromatic carbocycles. The molecule has 0 amide bonds. The van der Waals surface area contributed by atoms with Crippen molar-refractivity contribution < 1.29 is 0 Å². The molecule has 0 saturated carbocycles. The van der Waals surface area contributed by atoms with E-state index < -0.39 is 0 Å². The fraction of sp³-hybridized carbons (Fsp3) is 0.533. The maximum absolute atomic E-state index is 4.72. The first-order chi connectivity index (χ1) is 8.83. The van der Waals surface area contributed by atoms with Crippen molar-refractivity contribution in [3.63, 3.8) is 0 Å². The Balaban J connectivity index is 2.03. The molecule has 0 saturated heterocycles. The molecule has 1 heterocycles. The molecule has 0 fully saturated rings. The van der Waals surface area contributed by atoms with Gasteiger partial charge in [-0.1, -0.05) is 43.7 Å². The monoisotopic (exact) mass is 262 g/mol. The van der Waals surface area contributed by atoms with E-state index in [-0.39, 0.29) is 0 Å². The van der Waals surface area contributed by atoms with Crippen molar-refractivity contribution in [1.82, 2.24) is 5.32 Å². The van der Waals surface area contributed by atoms with Crippen molar-refractivity contribution in [3.8, 4) is 0 Å². The van der Waals surface area contributed by atoms with Gasteiger partial charge in [-0.3, -0.25) is 10.3 Å². The minimum absolute atomic E-state index is 0.322. The third kappa shape index (κ3) is 3.59. The molecule has 18 heavy (non-hydrogen) atoms. The number of hydrogen-bond donors (Lipinski definition) is 1. The highest BCUT2D eigenvalue weighted by Gasteiger charge is 2.20. The predicted molar refractivity (Wildman–Crippen MR) is 81.4 cm³/mol. The van der Waals surface area contributed by atoms with Crippen LogP contribution in [0.25, 0.3) is 0 Å². The molecule has 3 heteroatoms. The maximum Gasteiger partial charge on any atom is 0.110 e. The molecular weight excluding hydrogens is 240 g/mol. The number of aliphatic imine (C=N–C) groups is 1. The number of rotatable bonds is 6. The van der Waals surface area contributed by atoms with E-state index in [9.17, 15) is 0 Å². The lowest BCUT2D eigenvalue weighted by Crippen LogP contribution is -2.22. The molecule has 2 rings (SSSR count). The first-order valence-electron chi connectivity index (χ1n) is 6.75. The molecule has 98 valence electrons. The second-order valence-corrected chi connectivity index (χ2v) is 5.83. The minimum atomic E-state index is 0.322. The Kier molecular flexibility index (Phi) is 5.26. The maximum atomic E-state index is 4.72. The Morgan fingerprint density at radius 3 is 2.78 bits per heavy atom. The van der Waals surface area contributed by atoms with E-state index in [2.05, 4.69) is 42.6 Å². The van der Waals surface area contributed by atoms with Crippen LogP contribution < -0.4 is 5.32 Å². The largest absolute Gasteiger partial charge is 0.298 e. The lowest BCUT2D eigenvalue weighted by Gasteiger charge is -2.16. The molecule has 0 radical (unpaired) electrons. The molecule has 0 aromatic heterocycles. The zero-order valence-corrected chi connectivity index (χ0v) is 12.0. The van der Waals surface area contributed by atoms with E-state index in [0.29, 0.717) is 12.1 Å². The molecule has 0 bridgehead atoms. The van der Waals surface area contributed by atoms with Crippen LogP contribution in [0.5, 0.6) is 0 Å². The Bertz CT molecular complexity index is 389. The number of thioether (sulfide) groups is 1. The van der Waals surface area contributed by atoms with Crippen molar-refractivity contribution in [2.75, 3.05) is 12.8 Å². The Morgan fingerprint density at radius 1 is 1.39 bits per heavy atom. The van der Waals surface area contributed by atoms with Gasteiger partial charge in [0, 0.05) is 12.2 Å². The van der Waals surface area contributed by atoms with E-state index in [1.54, 1.807) is 0 Å². The van der Waals surface area contributed by atoms with Gasteiger partial charge >= 0.3 is 0 Å². The third-order valence-corrected chi connectivity index (χ3v) is 4.46. The molecular formula is C15H22N2S. The summed E-state index contributed by atoms with van der Waals surface area (Å²) in [4.78, 5) is 4.72. The molecule has 0 spiro atoms. The topological polar surface area (TPSA) is 24.4 Å². The SMILES string of the molecule is CCCC(CC1=NC(NC)CS1)c1ccccc1. The van der Waals surface area contributed by atoms with Crippen molar-refractivity contribution in [2.45, 2.75) is 38.3 Å². The highest BCUT2D eigenvalue weighted by atomic mass is 32.2.